The highest BCUT2D eigenvalue weighted by atomic mass is 16.5. The molecule has 0 heterocycles. The molecule has 1 amide bonds. The van der Waals surface area contributed by atoms with Crippen LogP contribution in [0, 0.1) is 0 Å². The topological polar surface area (TPSA) is 95.9 Å². The lowest BCUT2D eigenvalue weighted by Crippen LogP contribution is -2.46. The standard InChI is InChI=1S/C58H105NO5/c1-4-7-10-13-16-19-22-25-27-28-30-33-36-39-42-45-48-51-58(63)64-54(49-46-43-40-37-34-31-24-21-18-15-12-9-6-3)52-57(62)59-55(53-60)56(61)50-47-44-41-38-35-32-29-26-23-20-17-14-11-8-5-2/h16,19,21,24-25,27,30,33,39,42,54-56,60-61H,4-15,17-18,20,22-23,26,28-29,31-32,34-38,40-41,43-53H2,1-3H3,(H,59,62)/b19-16-,24-21-,27-25-,33-30-,42-39-. The molecule has 0 bridgehead atoms. The van der Waals surface area contributed by atoms with E-state index in [1.54, 1.807) is 0 Å². The Labute approximate surface area is 397 Å². The molecule has 3 N–H and O–H groups in total. The van der Waals surface area contributed by atoms with E-state index in [0.29, 0.717) is 25.7 Å². The Morgan fingerprint density at radius 2 is 0.797 bits per heavy atom. The molecular formula is C58H105NO5. The van der Waals surface area contributed by atoms with Gasteiger partial charge in [0.1, 0.15) is 6.10 Å². The largest absolute Gasteiger partial charge is 0.462 e. The second kappa shape index (κ2) is 51.5. The first kappa shape index (κ1) is 61.6. The van der Waals surface area contributed by atoms with E-state index in [0.717, 1.165) is 70.6 Å². The van der Waals surface area contributed by atoms with E-state index < -0.39 is 18.2 Å². The Bertz CT molecular complexity index is 1140. The maximum Gasteiger partial charge on any atom is 0.306 e. The average molecular weight is 896 g/mol. The summed E-state index contributed by atoms with van der Waals surface area (Å²) in [5.74, 6) is -0.544. The second-order valence-electron chi connectivity index (χ2n) is 18.6. The molecule has 6 nitrogen and oxygen atoms in total. The van der Waals surface area contributed by atoms with Crippen molar-refractivity contribution in [2.75, 3.05) is 6.61 Å². The van der Waals surface area contributed by atoms with Crippen molar-refractivity contribution in [2.24, 2.45) is 0 Å². The summed E-state index contributed by atoms with van der Waals surface area (Å²) in [4.78, 5) is 26.2. The molecule has 372 valence electrons. The number of amides is 1. The number of nitrogens with one attached hydrogen (secondary N) is 1. The average Bonchev–Trinajstić information content (AvgIpc) is 3.29. The number of esters is 1. The van der Waals surface area contributed by atoms with Gasteiger partial charge in [-0.1, -0.05) is 229 Å². The summed E-state index contributed by atoms with van der Waals surface area (Å²) >= 11 is 0. The molecule has 0 aliphatic rings. The van der Waals surface area contributed by atoms with Gasteiger partial charge >= 0.3 is 5.97 Å². The van der Waals surface area contributed by atoms with Gasteiger partial charge in [-0.2, -0.15) is 0 Å². The van der Waals surface area contributed by atoms with Crippen LogP contribution in [-0.4, -0.2) is 46.9 Å². The zero-order valence-electron chi connectivity index (χ0n) is 42.4. The van der Waals surface area contributed by atoms with Crippen molar-refractivity contribution in [2.45, 2.75) is 289 Å². The molecule has 0 aliphatic carbocycles. The van der Waals surface area contributed by atoms with Crippen LogP contribution in [0.1, 0.15) is 271 Å². The number of unbranched alkanes of at least 4 members (excludes halogenated alkanes) is 27. The van der Waals surface area contributed by atoms with Crippen LogP contribution in [0.15, 0.2) is 60.8 Å². The Morgan fingerprint density at radius 3 is 1.27 bits per heavy atom. The van der Waals surface area contributed by atoms with Crippen LogP contribution in [0.2, 0.25) is 0 Å². The van der Waals surface area contributed by atoms with E-state index in [9.17, 15) is 19.8 Å². The third kappa shape index (κ3) is 46.1. The number of allylic oxidation sites excluding steroid dienone is 10. The molecule has 0 rings (SSSR count). The summed E-state index contributed by atoms with van der Waals surface area (Å²) < 4.78 is 5.91. The van der Waals surface area contributed by atoms with E-state index in [-0.39, 0.29) is 24.9 Å². The van der Waals surface area contributed by atoms with Crippen molar-refractivity contribution in [3.05, 3.63) is 60.8 Å². The minimum Gasteiger partial charge on any atom is -0.462 e. The summed E-state index contributed by atoms with van der Waals surface area (Å²) in [6, 6.07) is -0.716. The van der Waals surface area contributed by atoms with Gasteiger partial charge in [-0.3, -0.25) is 9.59 Å². The smallest absolute Gasteiger partial charge is 0.306 e. The van der Waals surface area contributed by atoms with Crippen molar-refractivity contribution in [3.8, 4) is 0 Å². The number of hydrogen-bond donors (Lipinski definition) is 3. The van der Waals surface area contributed by atoms with E-state index >= 15 is 0 Å². The van der Waals surface area contributed by atoms with Gasteiger partial charge in [0.25, 0.3) is 0 Å². The van der Waals surface area contributed by atoms with Gasteiger partial charge in [-0.25, -0.2) is 0 Å². The number of ether oxygens (including phenoxy) is 1. The minimum absolute atomic E-state index is 0.0497. The van der Waals surface area contributed by atoms with Gasteiger partial charge in [0.2, 0.25) is 5.91 Å². The van der Waals surface area contributed by atoms with Crippen molar-refractivity contribution in [3.63, 3.8) is 0 Å². The lowest BCUT2D eigenvalue weighted by molar-refractivity contribution is -0.151. The normalized spacial score (nSPS) is 13.6. The Hall–Kier alpha value is -2.44. The molecule has 0 aliphatic heterocycles. The molecule has 6 heteroatoms. The predicted octanol–water partition coefficient (Wildman–Crippen LogP) is 16.8. The third-order valence-electron chi connectivity index (χ3n) is 12.3. The van der Waals surface area contributed by atoms with Crippen molar-refractivity contribution in [1.29, 1.82) is 0 Å². The molecule has 0 radical (unpaired) electrons. The quantitative estimate of drug-likeness (QED) is 0.0321. The fourth-order valence-electron chi connectivity index (χ4n) is 8.12. The van der Waals surface area contributed by atoms with Crippen LogP contribution < -0.4 is 5.32 Å². The molecule has 0 saturated heterocycles. The van der Waals surface area contributed by atoms with Crippen LogP contribution in [0.25, 0.3) is 0 Å². The highest BCUT2D eigenvalue weighted by Gasteiger charge is 2.24. The number of aliphatic hydroxyl groups is 2. The van der Waals surface area contributed by atoms with Crippen LogP contribution in [0.4, 0.5) is 0 Å². The van der Waals surface area contributed by atoms with E-state index in [1.807, 2.05) is 0 Å². The first-order chi connectivity index (χ1) is 31.5. The van der Waals surface area contributed by atoms with Crippen molar-refractivity contribution in [1.82, 2.24) is 5.32 Å². The Morgan fingerprint density at radius 1 is 0.453 bits per heavy atom. The molecule has 3 unspecified atom stereocenters. The molecule has 0 fully saturated rings. The lowest BCUT2D eigenvalue weighted by atomic mass is 10.0. The highest BCUT2D eigenvalue weighted by Crippen LogP contribution is 2.18. The number of rotatable bonds is 49. The minimum atomic E-state index is -0.800. The van der Waals surface area contributed by atoms with Crippen molar-refractivity contribution < 1.29 is 24.5 Å². The molecule has 3 atom stereocenters. The highest BCUT2D eigenvalue weighted by molar-refractivity contribution is 5.77. The zero-order chi connectivity index (χ0) is 46.7. The first-order valence-electron chi connectivity index (χ1n) is 27.5. The van der Waals surface area contributed by atoms with Gasteiger partial charge in [0.05, 0.1) is 25.2 Å². The fraction of sp³-hybridized carbons (Fsp3) is 0.793. The molecule has 0 aromatic heterocycles. The van der Waals surface area contributed by atoms with E-state index in [4.69, 9.17) is 4.74 Å². The second-order valence-corrected chi connectivity index (χ2v) is 18.6. The number of carbonyl (C=O) groups excluding carboxylic acids is 2. The molecule has 64 heavy (non-hydrogen) atoms. The van der Waals surface area contributed by atoms with E-state index in [1.165, 1.54) is 148 Å². The third-order valence-corrected chi connectivity index (χ3v) is 12.3. The van der Waals surface area contributed by atoms with Crippen LogP contribution in [0.3, 0.4) is 0 Å². The monoisotopic (exact) mass is 896 g/mol. The van der Waals surface area contributed by atoms with Gasteiger partial charge in [0.15, 0.2) is 0 Å². The van der Waals surface area contributed by atoms with Crippen LogP contribution in [0.5, 0.6) is 0 Å². The van der Waals surface area contributed by atoms with Crippen LogP contribution in [-0.2, 0) is 14.3 Å². The van der Waals surface area contributed by atoms with Gasteiger partial charge in [-0.15, -0.1) is 0 Å². The predicted molar refractivity (Wildman–Crippen MR) is 278 cm³/mol. The molecule has 0 spiro atoms. The molecular weight excluding hydrogens is 791 g/mol. The number of carbonyl (C=O) groups is 2. The summed E-state index contributed by atoms with van der Waals surface area (Å²) in [6.45, 7) is 6.44. The SMILES string of the molecule is CCCCC/C=C\C/C=C\C/C=C\C/C=C\CCCC(=O)OC(CCCCCCC/C=C\CCCCCC)CC(=O)NC(CO)C(O)CCCCCCCCCCCCCCCCC. The molecule has 0 saturated carbocycles. The van der Waals surface area contributed by atoms with Gasteiger partial charge in [-0.05, 0) is 89.9 Å². The number of hydrogen-bond acceptors (Lipinski definition) is 5. The summed E-state index contributed by atoms with van der Waals surface area (Å²) in [7, 11) is 0. The Kier molecular flexibility index (Phi) is 49.6. The van der Waals surface area contributed by atoms with Crippen LogP contribution >= 0.6 is 0 Å². The van der Waals surface area contributed by atoms with Gasteiger partial charge in [0, 0.05) is 6.42 Å². The van der Waals surface area contributed by atoms with Gasteiger partial charge < -0.3 is 20.3 Å². The summed E-state index contributed by atoms with van der Waals surface area (Å²) in [5, 5.41) is 23.8. The first-order valence-corrected chi connectivity index (χ1v) is 27.5. The Balaban J connectivity index is 4.63. The van der Waals surface area contributed by atoms with E-state index in [2.05, 4.69) is 86.8 Å². The van der Waals surface area contributed by atoms with Crippen molar-refractivity contribution >= 4 is 11.9 Å². The summed E-state index contributed by atoms with van der Waals surface area (Å²) in [6.07, 6.45) is 64.2. The maximum absolute atomic E-state index is 13.2. The molecule has 0 aromatic carbocycles. The fourth-order valence-corrected chi connectivity index (χ4v) is 8.12. The lowest BCUT2D eigenvalue weighted by Gasteiger charge is -2.24. The zero-order valence-corrected chi connectivity index (χ0v) is 42.4. The number of aliphatic hydroxyl groups excluding tert-OH is 2. The molecule has 0 aromatic rings. The maximum atomic E-state index is 13.2. The summed E-state index contributed by atoms with van der Waals surface area (Å²) in [5.41, 5.74) is 0.